The van der Waals surface area contributed by atoms with Crippen LogP contribution in [0.5, 0.6) is 0 Å². The number of hydrogen-bond acceptors (Lipinski definition) is 8. The molecule has 1 aromatic carbocycles. The number of nitrogen functional groups attached to an aromatic ring is 1. The third kappa shape index (κ3) is 2.53. The van der Waals surface area contributed by atoms with Crippen LogP contribution >= 0.6 is 0 Å². The number of ether oxygens (including phenoxy) is 3. The van der Waals surface area contributed by atoms with Crippen LogP contribution in [-0.2, 0) is 20.8 Å². The number of anilines is 1. The number of fused-ring (bicyclic) bond motifs is 3. The maximum Gasteiger partial charge on any atom is 0.280 e. The molecule has 4 atom stereocenters. The van der Waals surface area contributed by atoms with Gasteiger partial charge in [-0.3, -0.25) is 14.3 Å². The molecule has 2 aromatic heterocycles. The van der Waals surface area contributed by atoms with E-state index in [1.807, 2.05) is 30.3 Å². The van der Waals surface area contributed by atoms with Crippen molar-refractivity contribution in [2.24, 2.45) is 0 Å². The number of nitrogens with zero attached hydrogens (tertiary/aromatic N) is 3. The zero-order valence-electron chi connectivity index (χ0n) is 14.8. The van der Waals surface area contributed by atoms with Gasteiger partial charge in [0.1, 0.15) is 17.8 Å². The normalized spacial score (nSPS) is 29.0. The van der Waals surface area contributed by atoms with Crippen molar-refractivity contribution in [1.82, 2.24) is 19.5 Å². The Morgan fingerprint density at radius 2 is 2.21 bits per heavy atom. The van der Waals surface area contributed by atoms with Gasteiger partial charge in [0.2, 0.25) is 5.95 Å². The Morgan fingerprint density at radius 3 is 3.00 bits per heavy atom. The van der Waals surface area contributed by atoms with Gasteiger partial charge >= 0.3 is 0 Å². The SMILES string of the molecule is Nc1nc2c(ncn2[C@@H]2O[C@@]3(CO)CO[C@@H]2[C@@H]3OCc2ccccc2)c(=O)[nH]1. The number of aromatic amines is 1. The Bertz CT molecular complexity index is 1070. The third-order valence-electron chi connectivity index (χ3n) is 5.24. The summed E-state index contributed by atoms with van der Waals surface area (Å²) < 4.78 is 19.7. The summed E-state index contributed by atoms with van der Waals surface area (Å²) >= 11 is 0. The molecule has 4 heterocycles. The van der Waals surface area contributed by atoms with E-state index < -0.39 is 29.6 Å². The minimum Gasteiger partial charge on any atom is -0.393 e. The van der Waals surface area contributed by atoms with Crippen LogP contribution in [0.15, 0.2) is 41.5 Å². The molecule has 28 heavy (non-hydrogen) atoms. The molecule has 2 saturated heterocycles. The van der Waals surface area contributed by atoms with Crippen LogP contribution < -0.4 is 11.3 Å². The number of nitrogens with one attached hydrogen (secondary N) is 1. The molecule has 3 aromatic rings. The molecule has 5 rings (SSSR count). The van der Waals surface area contributed by atoms with Gasteiger partial charge in [-0.05, 0) is 5.56 Å². The first-order valence-electron chi connectivity index (χ1n) is 8.89. The lowest BCUT2D eigenvalue weighted by Crippen LogP contribution is -2.45. The molecule has 146 valence electrons. The van der Waals surface area contributed by atoms with E-state index >= 15 is 0 Å². The smallest absolute Gasteiger partial charge is 0.280 e. The summed E-state index contributed by atoms with van der Waals surface area (Å²) in [7, 11) is 0. The molecule has 2 aliphatic rings. The molecule has 0 spiro atoms. The number of aromatic nitrogens is 4. The second kappa shape index (κ2) is 6.38. The van der Waals surface area contributed by atoms with Crippen LogP contribution in [0.2, 0.25) is 0 Å². The molecule has 0 radical (unpaired) electrons. The van der Waals surface area contributed by atoms with Crippen LogP contribution in [0, 0.1) is 0 Å². The molecule has 2 bridgehead atoms. The fourth-order valence-corrected chi connectivity index (χ4v) is 3.87. The number of aliphatic hydroxyl groups excluding tert-OH is 1. The largest absolute Gasteiger partial charge is 0.393 e. The van der Waals surface area contributed by atoms with E-state index in [0.29, 0.717) is 6.61 Å². The van der Waals surface area contributed by atoms with Gasteiger partial charge in [-0.2, -0.15) is 4.98 Å². The number of aliphatic hydroxyl groups is 1. The average molecular weight is 385 g/mol. The summed E-state index contributed by atoms with van der Waals surface area (Å²) in [4.78, 5) is 22.8. The van der Waals surface area contributed by atoms with Gasteiger partial charge in [-0.1, -0.05) is 30.3 Å². The average Bonchev–Trinajstić information content (AvgIpc) is 3.37. The molecule has 2 fully saturated rings. The third-order valence-corrected chi connectivity index (χ3v) is 5.24. The topological polar surface area (TPSA) is 138 Å². The Labute approximate surface area is 158 Å². The molecule has 4 N–H and O–H groups in total. The van der Waals surface area contributed by atoms with E-state index in [1.165, 1.54) is 6.33 Å². The lowest BCUT2D eigenvalue weighted by atomic mass is 10.00. The Morgan fingerprint density at radius 1 is 1.39 bits per heavy atom. The van der Waals surface area contributed by atoms with Crippen molar-refractivity contribution in [3.63, 3.8) is 0 Å². The summed E-state index contributed by atoms with van der Waals surface area (Å²) in [6.07, 6.45) is -0.170. The molecule has 0 unspecified atom stereocenters. The van der Waals surface area contributed by atoms with Gasteiger partial charge in [0.05, 0.1) is 26.1 Å². The van der Waals surface area contributed by atoms with Crippen molar-refractivity contribution in [1.29, 1.82) is 0 Å². The van der Waals surface area contributed by atoms with Crippen molar-refractivity contribution in [2.45, 2.75) is 30.6 Å². The number of nitrogens with two attached hydrogens (primary N) is 1. The molecular formula is C18H19N5O5. The van der Waals surface area contributed by atoms with E-state index in [4.69, 9.17) is 19.9 Å². The van der Waals surface area contributed by atoms with Gasteiger partial charge in [0, 0.05) is 0 Å². The molecule has 2 aliphatic heterocycles. The number of hydrogen-bond donors (Lipinski definition) is 3. The monoisotopic (exact) mass is 385 g/mol. The quantitative estimate of drug-likeness (QED) is 0.556. The summed E-state index contributed by atoms with van der Waals surface area (Å²) in [5.74, 6) is -0.0166. The predicted molar refractivity (Wildman–Crippen MR) is 97.3 cm³/mol. The van der Waals surface area contributed by atoms with Crippen molar-refractivity contribution < 1.29 is 19.3 Å². The highest BCUT2D eigenvalue weighted by atomic mass is 16.7. The van der Waals surface area contributed by atoms with E-state index in [0.717, 1.165) is 5.56 Å². The molecule has 0 aliphatic carbocycles. The Hall–Kier alpha value is -2.79. The highest BCUT2D eigenvalue weighted by molar-refractivity contribution is 5.70. The molecule has 0 amide bonds. The van der Waals surface area contributed by atoms with E-state index in [1.54, 1.807) is 4.57 Å². The number of rotatable bonds is 5. The minimum absolute atomic E-state index is 0.0166. The molecule has 10 heteroatoms. The summed E-state index contributed by atoms with van der Waals surface area (Å²) in [5.41, 5.74) is 5.70. The predicted octanol–water partition coefficient (Wildman–Crippen LogP) is -0.0541. The highest BCUT2D eigenvalue weighted by Crippen LogP contribution is 2.47. The van der Waals surface area contributed by atoms with Crippen molar-refractivity contribution in [3.05, 3.63) is 52.6 Å². The Balaban J connectivity index is 1.47. The maximum atomic E-state index is 12.0. The molecule has 10 nitrogen and oxygen atoms in total. The van der Waals surface area contributed by atoms with Gasteiger partial charge in [0.15, 0.2) is 17.4 Å². The zero-order valence-corrected chi connectivity index (χ0v) is 14.8. The van der Waals surface area contributed by atoms with Gasteiger partial charge in [-0.15, -0.1) is 0 Å². The fourth-order valence-electron chi connectivity index (χ4n) is 3.87. The lowest BCUT2D eigenvalue weighted by Gasteiger charge is -2.29. The molecule has 0 saturated carbocycles. The maximum absolute atomic E-state index is 12.0. The number of benzene rings is 1. The molecular weight excluding hydrogens is 366 g/mol. The van der Waals surface area contributed by atoms with Crippen LogP contribution in [0.25, 0.3) is 11.2 Å². The van der Waals surface area contributed by atoms with Crippen LogP contribution in [0.1, 0.15) is 11.8 Å². The Kier molecular flexibility index (Phi) is 3.95. The van der Waals surface area contributed by atoms with E-state index in [2.05, 4.69) is 15.0 Å². The van der Waals surface area contributed by atoms with Crippen molar-refractivity contribution in [3.8, 4) is 0 Å². The summed E-state index contributed by atoms with van der Waals surface area (Å²) in [6.45, 7) is 0.313. The highest BCUT2D eigenvalue weighted by Gasteiger charge is 2.63. The summed E-state index contributed by atoms with van der Waals surface area (Å²) in [6, 6.07) is 9.73. The van der Waals surface area contributed by atoms with Gasteiger partial charge in [-0.25, -0.2) is 4.98 Å². The van der Waals surface area contributed by atoms with Crippen molar-refractivity contribution >= 4 is 17.1 Å². The zero-order chi connectivity index (χ0) is 19.3. The fraction of sp³-hybridized carbons (Fsp3) is 0.389. The summed E-state index contributed by atoms with van der Waals surface area (Å²) in [5, 5.41) is 10.0. The first-order valence-corrected chi connectivity index (χ1v) is 8.89. The van der Waals surface area contributed by atoms with Crippen molar-refractivity contribution in [2.75, 3.05) is 18.9 Å². The lowest BCUT2D eigenvalue weighted by molar-refractivity contribution is -0.187. The minimum atomic E-state index is -0.993. The van der Waals surface area contributed by atoms with Crippen LogP contribution in [0.3, 0.4) is 0 Å². The van der Waals surface area contributed by atoms with E-state index in [-0.39, 0.29) is 30.3 Å². The van der Waals surface area contributed by atoms with Crippen LogP contribution in [0.4, 0.5) is 5.95 Å². The number of imidazole rings is 1. The first-order chi connectivity index (χ1) is 13.6. The van der Waals surface area contributed by atoms with E-state index in [9.17, 15) is 9.90 Å². The van der Waals surface area contributed by atoms with Gasteiger partial charge < -0.3 is 25.1 Å². The van der Waals surface area contributed by atoms with Crippen LogP contribution in [-0.4, -0.2) is 55.6 Å². The standard InChI is InChI=1S/C18H19N5O5/c19-17-21-14-11(15(25)22-17)20-9-23(14)16-12-13(18(7-24,28-16)8-27-12)26-6-10-4-2-1-3-5-10/h1-5,9,12-13,16,24H,6-8H2,(H3,19,21,22,25)/t12-,13+,16-,18+/m1/s1. The van der Waals surface area contributed by atoms with Gasteiger partial charge in [0.25, 0.3) is 5.56 Å². The first kappa shape index (κ1) is 17.3. The second-order valence-electron chi connectivity index (χ2n) is 7.00. The second-order valence-corrected chi connectivity index (χ2v) is 7.00. The number of H-pyrrole nitrogens is 1.